The van der Waals surface area contributed by atoms with Gasteiger partial charge in [0.25, 0.3) is 0 Å². The molecule has 3 rings (SSSR count). The quantitative estimate of drug-likeness (QED) is 0.648. The summed E-state index contributed by atoms with van der Waals surface area (Å²) in [7, 11) is 0. The molecule has 0 saturated heterocycles. The van der Waals surface area contributed by atoms with Crippen LogP contribution in [-0.4, -0.2) is 23.1 Å². The van der Waals surface area contributed by atoms with Crippen molar-refractivity contribution in [1.29, 1.82) is 0 Å². The van der Waals surface area contributed by atoms with Crippen LogP contribution in [0, 0.1) is 6.92 Å². The zero-order valence-corrected chi connectivity index (χ0v) is 14.3. The lowest BCUT2D eigenvalue weighted by molar-refractivity contribution is 0.332. The van der Waals surface area contributed by atoms with Gasteiger partial charge in [0.05, 0.1) is 6.54 Å². The molecule has 1 heterocycles. The van der Waals surface area contributed by atoms with Crippen molar-refractivity contribution in [2.75, 3.05) is 24.2 Å². The minimum absolute atomic E-state index is 0.503. The molecule has 2 aromatic carbocycles. The van der Waals surface area contributed by atoms with E-state index in [2.05, 4.69) is 40.4 Å². The van der Waals surface area contributed by atoms with Crippen molar-refractivity contribution in [2.24, 2.45) is 0 Å². The highest BCUT2D eigenvalue weighted by Crippen LogP contribution is 2.16. The van der Waals surface area contributed by atoms with E-state index >= 15 is 0 Å². The van der Waals surface area contributed by atoms with Crippen LogP contribution in [0.3, 0.4) is 0 Å². The summed E-state index contributed by atoms with van der Waals surface area (Å²) in [6, 6.07) is 18.0. The first-order chi connectivity index (χ1) is 12.2. The smallest absolute Gasteiger partial charge is 0.224 e. The average molecular weight is 334 g/mol. The van der Waals surface area contributed by atoms with Crippen LogP contribution in [0.2, 0.25) is 0 Å². The van der Waals surface area contributed by atoms with E-state index in [0.717, 1.165) is 17.7 Å². The van der Waals surface area contributed by atoms with Gasteiger partial charge < -0.3 is 15.8 Å². The minimum Gasteiger partial charge on any atom is -0.492 e. The van der Waals surface area contributed by atoms with E-state index in [4.69, 9.17) is 10.5 Å². The summed E-state index contributed by atoms with van der Waals surface area (Å²) in [5.41, 5.74) is 9.44. The van der Waals surface area contributed by atoms with Gasteiger partial charge in [0.15, 0.2) is 0 Å². The molecule has 0 radical (unpaired) electrons. The van der Waals surface area contributed by atoms with Gasteiger partial charge in [0, 0.05) is 18.2 Å². The maximum absolute atomic E-state index is 6.08. The predicted molar refractivity (Wildman–Crippen MR) is 101 cm³/mol. The number of hydrogen-bond donors (Lipinski definition) is 2. The van der Waals surface area contributed by atoms with Gasteiger partial charge in [-0.2, -0.15) is 4.98 Å². The number of aromatic nitrogens is 2. The number of para-hydroxylation sites is 1. The molecule has 0 atom stereocenters. The Balaban J connectivity index is 1.53. The van der Waals surface area contributed by atoms with E-state index in [1.54, 1.807) is 6.20 Å². The Morgan fingerprint density at radius 1 is 1.08 bits per heavy atom. The fourth-order valence-electron chi connectivity index (χ4n) is 2.53. The molecule has 0 aliphatic heterocycles. The minimum atomic E-state index is 0.503. The molecule has 0 bridgehead atoms. The zero-order valence-electron chi connectivity index (χ0n) is 14.3. The number of ether oxygens (including phenoxy) is 1. The Kier molecular flexibility index (Phi) is 5.46. The van der Waals surface area contributed by atoms with Gasteiger partial charge in [0.1, 0.15) is 18.2 Å². The molecule has 0 aliphatic carbocycles. The third-order valence-corrected chi connectivity index (χ3v) is 3.77. The third-order valence-electron chi connectivity index (χ3n) is 3.77. The maximum Gasteiger partial charge on any atom is 0.224 e. The number of aryl methyl sites for hydroxylation is 1. The van der Waals surface area contributed by atoms with Gasteiger partial charge in [-0.05, 0) is 24.6 Å². The van der Waals surface area contributed by atoms with Crippen LogP contribution in [0.4, 0.5) is 11.8 Å². The van der Waals surface area contributed by atoms with Gasteiger partial charge in [-0.1, -0.05) is 48.0 Å². The fraction of sp³-hybridized carbons (Fsp3) is 0.200. The van der Waals surface area contributed by atoms with E-state index in [9.17, 15) is 0 Å². The number of anilines is 2. The molecule has 0 saturated carbocycles. The number of benzene rings is 2. The van der Waals surface area contributed by atoms with Crippen LogP contribution in [-0.2, 0) is 6.42 Å². The van der Waals surface area contributed by atoms with E-state index in [0.29, 0.717) is 24.9 Å². The second-order valence-electron chi connectivity index (χ2n) is 5.86. The summed E-state index contributed by atoms with van der Waals surface area (Å²) in [5, 5.41) is 3.13. The lowest BCUT2D eigenvalue weighted by atomic mass is 10.0. The van der Waals surface area contributed by atoms with E-state index < -0.39 is 0 Å². The first-order valence-electron chi connectivity index (χ1n) is 8.29. The molecule has 5 nitrogen and oxygen atoms in total. The Labute approximate surface area is 147 Å². The standard InChI is InChI=1S/C20H22N4O/c1-15-6-5-7-16(12-15)13-17-14-23-20(24-19(17)21)22-10-11-25-18-8-3-2-4-9-18/h2-9,12,14H,10-11,13H2,1H3,(H3,21,22,23,24). The number of hydrogen-bond acceptors (Lipinski definition) is 5. The monoisotopic (exact) mass is 334 g/mol. The summed E-state index contributed by atoms with van der Waals surface area (Å²) in [6.45, 7) is 3.21. The second kappa shape index (κ2) is 8.15. The van der Waals surface area contributed by atoms with Gasteiger partial charge in [0.2, 0.25) is 5.95 Å². The van der Waals surface area contributed by atoms with Crippen molar-refractivity contribution in [3.05, 3.63) is 77.5 Å². The van der Waals surface area contributed by atoms with Crippen LogP contribution in [0.15, 0.2) is 60.8 Å². The number of nitrogens with two attached hydrogens (primary N) is 1. The lowest BCUT2D eigenvalue weighted by Gasteiger charge is -2.10. The molecule has 3 N–H and O–H groups in total. The molecular formula is C20H22N4O. The summed E-state index contributed by atoms with van der Waals surface area (Å²) in [4.78, 5) is 8.68. The summed E-state index contributed by atoms with van der Waals surface area (Å²) < 4.78 is 5.62. The molecule has 0 spiro atoms. The zero-order chi connectivity index (χ0) is 17.5. The second-order valence-corrected chi connectivity index (χ2v) is 5.86. The van der Waals surface area contributed by atoms with Gasteiger partial charge in [-0.3, -0.25) is 0 Å². The van der Waals surface area contributed by atoms with Gasteiger partial charge >= 0.3 is 0 Å². The average Bonchev–Trinajstić information content (AvgIpc) is 2.62. The normalized spacial score (nSPS) is 10.4. The van der Waals surface area contributed by atoms with Crippen molar-refractivity contribution >= 4 is 11.8 Å². The van der Waals surface area contributed by atoms with Crippen LogP contribution in [0.1, 0.15) is 16.7 Å². The van der Waals surface area contributed by atoms with Crippen LogP contribution in [0.25, 0.3) is 0 Å². The third kappa shape index (κ3) is 4.94. The van der Waals surface area contributed by atoms with Crippen molar-refractivity contribution in [3.63, 3.8) is 0 Å². The molecule has 0 fully saturated rings. The van der Waals surface area contributed by atoms with Crippen molar-refractivity contribution in [2.45, 2.75) is 13.3 Å². The van der Waals surface area contributed by atoms with Crippen LogP contribution < -0.4 is 15.8 Å². The molecule has 128 valence electrons. The molecule has 3 aromatic rings. The molecule has 1 aromatic heterocycles. The summed E-state index contributed by atoms with van der Waals surface area (Å²) in [5.74, 6) is 1.86. The number of nitrogen functional groups attached to an aromatic ring is 1. The highest BCUT2D eigenvalue weighted by Gasteiger charge is 2.05. The lowest BCUT2D eigenvalue weighted by Crippen LogP contribution is -2.14. The van der Waals surface area contributed by atoms with Crippen LogP contribution in [0.5, 0.6) is 5.75 Å². The SMILES string of the molecule is Cc1cccc(Cc2cnc(NCCOc3ccccc3)nc2N)c1. The number of nitrogens with one attached hydrogen (secondary N) is 1. The van der Waals surface area contributed by atoms with Crippen molar-refractivity contribution in [1.82, 2.24) is 9.97 Å². The Hall–Kier alpha value is -3.08. The first-order valence-corrected chi connectivity index (χ1v) is 8.29. The predicted octanol–water partition coefficient (Wildman–Crippen LogP) is 3.45. The van der Waals surface area contributed by atoms with E-state index in [1.807, 2.05) is 36.4 Å². The molecule has 0 unspecified atom stereocenters. The molecule has 0 amide bonds. The molecular weight excluding hydrogens is 312 g/mol. The number of nitrogens with zero attached hydrogens (tertiary/aromatic N) is 2. The molecule has 0 aliphatic rings. The van der Waals surface area contributed by atoms with E-state index in [-0.39, 0.29) is 0 Å². The maximum atomic E-state index is 6.08. The largest absolute Gasteiger partial charge is 0.492 e. The van der Waals surface area contributed by atoms with Crippen molar-refractivity contribution < 1.29 is 4.74 Å². The first kappa shape index (κ1) is 16.8. The van der Waals surface area contributed by atoms with Gasteiger partial charge in [-0.15, -0.1) is 0 Å². The Morgan fingerprint density at radius 3 is 2.68 bits per heavy atom. The highest BCUT2D eigenvalue weighted by atomic mass is 16.5. The number of rotatable bonds is 7. The van der Waals surface area contributed by atoms with Crippen LogP contribution >= 0.6 is 0 Å². The summed E-state index contributed by atoms with van der Waals surface area (Å²) in [6.07, 6.45) is 2.51. The summed E-state index contributed by atoms with van der Waals surface area (Å²) >= 11 is 0. The van der Waals surface area contributed by atoms with Gasteiger partial charge in [-0.25, -0.2) is 4.98 Å². The van der Waals surface area contributed by atoms with Crippen molar-refractivity contribution in [3.8, 4) is 5.75 Å². The molecule has 25 heavy (non-hydrogen) atoms. The molecule has 5 heteroatoms. The highest BCUT2D eigenvalue weighted by molar-refractivity contribution is 5.45. The Bertz CT molecular complexity index is 821. The fourth-order valence-corrected chi connectivity index (χ4v) is 2.53. The Morgan fingerprint density at radius 2 is 1.92 bits per heavy atom. The van der Waals surface area contributed by atoms with E-state index in [1.165, 1.54) is 11.1 Å². The topological polar surface area (TPSA) is 73.1 Å².